The second-order valence-electron chi connectivity index (χ2n) is 6.24. The van der Waals surface area contributed by atoms with Gasteiger partial charge in [0.15, 0.2) is 5.78 Å². The van der Waals surface area contributed by atoms with E-state index in [1.165, 1.54) is 12.1 Å². The number of benzene rings is 1. The molecule has 1 aromatic carbocycles. The van der Waals surface area contributed by atoms with E-state index in [0.29, 0.717) is 23.8 Å². The van der Waals surface area contributed by atoms with Crippen molar-refractivity contribution in [3.8, 4) is 11.4 Å². The molecule has 0 spiro atoms. The summed E-state index contributed by atoms with van der Waals surface area (Å²) in [6, 6.07) is 8.92. The lowest BCUT2D eigenvalue weighted by Gasteiger charge is -2.10. The van der Waals surface area contributed by atoms with Crippen molar-refractivity contribution in [3.63, 3.8) is 0 Å². The van der Waals surface area contributed by atoms with E-state index in [1.54, 1.807) is 43.2 Å². The predicted octanol–water partition coefficient (Wildman–Crippen LogP) is 1.74. The molecule has 0 fully saturated rings. The van der Waals surface area contributed by atoms with Crippen molar-refractivity contribution in [1.82, 2.24) is 19.7 Å². The highest BCUT2D eigenvalue weighted by atomic mass is 19.1. The molecule has 0 unspecified atom stereocenters. The lowest BCUT2D eigenvalue weighted by Crippen LogP contribution is -2.34. The Labute approximate surface area is 156 Å². The van der Waals surface area contributed by atoms with E-state index >= 15 is 0 Å². The van der Waals surface area contributed by atoms with Crippen LogP contribution in [0.15, 0.2) is 42.6 Å². The summed E-state index contributed by atoms with van der Waals surface area (Å²) in [5.74, 6) is 0.0804. The minimum Gasteiger partial charge on any atom is -0.357 e. The van der Waals surface area contributed by atoms with Gasteiger partial charge in [-0.1, -0.05) is 12.1 Å². The lowest BCUT2D eigenvalue weighted by molar-refractivity contribution is -0.119. The Morgan fingerprint density at radius 1 is 1.26 bits per heavy atom. The molecule has 27 heavy (non-hydrogen) atoms. The van der Waals surface area contributed by atoms with E-state index in [1.807, 2.05) is 6.07 Å². The minimum atomic E-state index is -0.663. The van der Waals surface area contributed by atoms with E-state index in [0.717, 1.165) is 11.3 Å². The maximum atomic E-state index is 13.0. The number of hydrogen-bond donors (Lipinski definition) is 2. The summed E-state index contributed by atoms with van der Waals surface area (Å²) < 4.78 is 14.6. The SMILES string of the molecule is CNc1nccc(-c2cc(CC(=O)[C@@H](N)Cc3ccc(F)cc3)n(C)n2)n1. The molecule has 0 amide bonds. The molecule has 0 radical (unpaired) electrons. The molecule has 0 aliphatic rings. The van der Waals surface area contributed by atoms with Crippen molar-refractivity contribution in [2.45, 2.75) is 18.9 Å². The number of aryl methyl sites for hydroxylation is 1. The maximum Gasteiger partial charge on any atom is 0.222 e. The van der Waals surface area contributed by atoms with Crippen LogP contribution in [-0.4, -0.2) is 38.6 Å². The zero-order valence-corrected chi connectivity index (χ0v) is 15.2. The number of ketones is 1. The van der Waals surface area contributed by atoms with E-state index in [9.17, 15) is 9.18 Å². The number of nitrogens with zero attached hydrogens (tertiary/aromatic N) is 4. The van der Waals surface area contributed by atoms with E-state index in [2.05, 4.69) is 20.4 Å². The average Bonchev–Trinajstić information content (AvgIpc) is 3.04. The number of Topliss-reactive ketones (excluding diaryl/α,β-unsaturated/α-hetero) is 1. The highest BCUT2D eigenvalue weighted by molar-refractivity contribution is 5.86. The van der Waals surface area contributed by atoms with Crippen molar-refractivity contribution in [3.05, 3.63) is 59.7 Å². The number of carbonyl (C=O) groups is 1. The van der Waals surface area contributed by atoms with Crippen LogP contribution < -0.4 is 11.1 Å². The summed E-state index contributed by atoms with van der Waals surface area (Å²) in [4.78, 5) is 20.9. The third-order valence-electron chi connectivity index (χ3n) is 4.26. The molecule has 0 saturated carbocycles. The van der Waals surface area contributed by atoms with Crippen molar-refractivity contribution in [2.75, 3.05) is 12.4 Å². The van der Waals surface area contributed by atoms with Gasteiger partial charge in [-0.25, -0.2) is 14.4 Å². The van der Waals surface area contributed by atoms with Gasteiger partial charge < -0.3 is 11.1 Å². The van der Waals surface area contributed by atoms with E-state index < -0.39 is 6.04 Å². The topological polar surface area (TPSA) is 98.7 Å². The number of nitrogens with two attached hydrogens (primary N) is 1. The largest absolute Gasteiger partial charge is 0.357 e. The van der Waals surface area contributed by atoms with Gasteiger partial charge in [0.2, 0.25) is 5.95 Å². The normalized spacial score (nSPS) is 12.0. The third kappa shape index (κ3) is 4.53. The highest BCUT2D eigenvalue weighted by Gasteiger charge is 2.18. The molecule has 0 bridgehead atoms. The Balaban J connectivity index is 1.70. The molecule has 2 aromatic heterocycles. The smallest absolute Gasteiger partial charge is 0.222 e. The van der Waals surface area contributed by atoms with Gasteiger partial charge in [0.1, 0.15) is 11.5 Å². The first-order valence-electron chi connectivity index (χ1n) is 8.53. The molecule has 7 nitrogen and oxygen atoms in total. The summed E-state index contributed by atoms with van der Waals surface area (Å²) in [6.07, 6.45) is 2.17. The molecule has 3 aromatic rings. The zero-order valence-electron chi connectivity index (χ0n) is 15.2. The summed E-state index contributed by atoms with van der Waals surface area (Å²) in [5.41, 5.74) is 8.93. The quantitative estimate of drug-likeness (QED) is 0.659. The summed E-state index contributed by atoms with van der Waals surface area (Å²) >= 11 is 0. The molecule has 0 saturated heterocycles. The Morgan fingerprint density at radius 3 is 2.70 bits per heavy atom. The number of carbonyl (C=O) groups excluding carboxylic acids is 1. The van der Waals surface area contributed by atoms with Gasteiger partial charge in [-0.2, -0.15) is 5.10 Å². The van der Waals surface area contributed by atoms with E-state index in [4.69, 9.17) is 5.73 Å². The van der Waals surface area contributed by atoms with Crippen LogP contribution in [-0.2, 0) is 24.7 Å². The molecular weight excluding hydrogens is 347 g/mol. The average molecular weight is 368 g/mol. The van der Waals surface area contributed by atoms with Crippen LogP contribution in [0.3, 0.4) is 0 Å². The van der Waals surface area contributed by atoms with Gasteiger partial charge in [0.05, 0.1) is 18.2 Å². The number of aromatic nitrogens is 4. The van der Waals surface area contributed by atoms with E-state index in [-0.39, 0.29) is 18.0 Å². The molecule has 140 valence electrons. The van der Waals surface area contributed by atoms with Crippen molar-refractivity contribution < 1.29 is 9.18 Å². The van der Waals surface area contributed by atoms with Crippen molar-refractivity contribution in [1.29, 1.82) is 0 Å². The molecule has 8 heteroatoms. The van der Waals surface area contributed by atoms with Crippen LogP contribution in [0.1, 0.15) is 11.3 Å². The van der Waals surface area contributed by atoms with Crippen LogP contribution in [0.25, 0.3) is 11.4 Å². The Kier molecular flexibility index (Phi) is 5.56. The molecule has 0 aliphatic heterocycles. The fraction of sp³-hybridized carbons (Fsp3) is 0.263. The second-order valence-corrected chi connectivity index (χ2v) is 6.24. The standard InChI is InChI=1S/C19H21FN6O/c1-22-19-23-8-7-16(24-19)17-10-14(26(2)25-17)11-18(27)15(21)9-12-3-5-13(20)6-4-12/h3-8,10,15H,9,11,21H2,1-2H3,(H,22,23,24)/t15-/m0/s1. The van der Waals surface area contributed by atoms with Gasteiger partial charge in [0.25, 0.3) is 0 Å². The van der Waals surface area contributed by atoms with Crippen molar-refractivity contribution in [2.24, 2.45) is 12.8 Å². The first-order valence-corrected chi connectivity index (χ1v) is 8.53. The monoisotopic (exact) mass is 368 g/mol. The van der Waals surface area contributed by atoms with Crippen molar-refractivity contribution >= 4 is 11.7 Å². The first kappa shape index (κ1) is 18.7. The van der Waals surface area contributed by atoms with Crippen LogP contribution in [0.4, 0.5) is 10.3 Å². The van der Waals surface area contributed by atoms with Gasteiger partial charge in [-0.15, -0.1) is 0 Å². The molecule has 3 rings (SSSR count). The first-order chi connectivity index (χ1) is 13.0. The Morgan fingerprint density at radius 2 is 2.00 bits per heavy atom. The highest BCUT2D eigenvalue weighted by Crippen LogP contribution is 2.18. The third-order valence-corrected chi connectivity index (χ3v) is 4.26. The molecule has 3 N–H and O–H groups in total. The number of halogens is 1. The molecule has 2 heterocycles. The lowest BCUT2D eigenvalue weighted by atomic mass is 10.0. The number of hydrogen-bond acceptors (Lipinski definition) is 6. The van der Waals surface area contributed by atoms with Crippen LogP contribution in [0.2, 0.25) is 0 Å². The summed E-state index contributed by atoms with van der Waals surface area (Å²) in [7, 11) is 3.52. The van der Waals surface area contributed by atoms with Gasteiger partial charge in [-0.05, 0) is 36.2 Å². The van der Waals surface area contributed by atoms with Crippen LogP contribution in [0, 0.1) is 5.82 Å². The van der Waals surface area contributed by atoms with Gasteiger partial charge in [0, 0.05) is 26.0 Å². The van der Waals surface area contributed by atoms with Gasteiger partial charge in [-0.3, -0.25) is 9.48 Å². The fourth-order valence-corrected chi connectivity index (χ4v) is 2.72. The summed E-state index contributed by atoms with van der Waals surface area (Å²) in [6.45, 7) is 0. The molecular formula is C19H21FN6O. The van der Waals surface area contributed by atoms with Gasteiger partial charge >= 0.3 is 0 Å². The maximum absolute atomic E-state index is 13.0. The minimum absolute atomic E-state index is 0.104. The number of rotatable bonds is 7. The molecule has 0 aliphatic carbocycles. The van der Waals surface area contributed by atoms with Crippen LogP contribution in [0.5, 0.6) is 0 Å². The number of nitrogens with one attached hydrogen (secondary N) is 1. The second kappa shape index (κ2) is 8.05. The Hall–Kier alpha value is -3.13. The number of anilines is 1. The Bertz CT molecular complexity index is 938. The fourth-order valence-electron chi connectivity index (χ4n) is 2.72. The molecule has 1 atom stereocenters. The summed E-state index contributed by atoms with van der Waals surface area (Å²) in [5, 5.41) is 7.31. The predicted molar refractivity (Wildman–Crippen MR) is 101 cm³/mol. The zero-order chi connectivity index (χ0) is 19.4. The van der Waals surface area contributed by atoms with Crippen LogP contribution >= 0.6 is 0 Å².